The zero-order valence-corrected chi connectivity index (χ0v) is 10.3. The highest BCUT2D eigenvalue weighted by molar-refractivity contribution is 5.95. The number of amides is 1. The fraction of sp³-hybridized carbons (Fsp3) is 0.462. The Morgan fingerprint density at radius 2 is 2.24 bits per heavy atom. The van der Waals surface area contributed by atoms with E-state index in [4.69, 9.17) is 10.5 Å². The van der Waals surface area contributed by atoms with Crippen LogP contribution in [0.15, 0.2) is 18.2 Å². The van der Waals surface area contributed by atoms with Gasteiger partial charge in [-0.05, 0) is 37.1 Å². The summed E-state index contributed by atoms with van der Waals surface area (Å²) in [6.45, 7) is 3.30. The first-order chi connectivity index (χ1) is 8.08. The molecule has 1 saturated heterocycles. The van der Waals surface area contributed by atoms with Crippen LogP contribution in [0, 0.1) is 6.92 Å². The van der Waals surface area contributed by atoms with E-state index in [2.05, 4.69) is 0 Å². The Morgan fingerprint density at radius 1 is 1.47 bits per heavy atom. The molecule has 0 aliphatic carbocycles. The summed E-state index contributed by atoms with van der Waals surface area (Å²) in [5.74, 6) is 0.0101. The van der Waals surface area contributed by atoms with Gasteiger partial charge in [0.05, 0.1) is 12.6 Å². The molecule has 0 aromatic heterocycles. The number of likely N-dealkylation sites (N-methyl/N-ethyl adjacent to an activating group) is 1. The number of rotatable bonds is 2. The zero-order valence-electron chi connectivity index (χ0n) is 10.3. The van der Waals surface area contributed by atoms with Crippen LogP contribution in [0.1, 0.15) is 22.3 Å². The number of hydrogen-bond acceptors (Lipinski definition) is 3. The number of carbonyl (C=O) groups is 1. The number of anilines is 1. The second-order valence-corrected chi connectivity index (χ2v) is 4.57. The molecule has 1 aliphatic rings. The average Bonchev–Trinajstić information content (AvgIpc) is 2.79. The molecule has 2 rings (SSSR count). The van der Waals surface area contributed by atoms with Gasteiger partial charge in [-0.2, -0.15) is 0 Å². The lowest BCUT2D eigenvalue weighted by Gasteiger charge is -2.23. The predicted octanol–water partition coefficient (Wildman–Crippen LogP) is 1.44. The third kappa shape index (κ3) is 2.58. The molecule has 1 aromatic carbocycles. The molecule has 1 amide bonds. The van der Waals surface area contributed by atoms with Crippen molar-refractivity contribution >= 4 is 11.6 Å². The number of aryl methyl sites for hydroxylation is 1. The van der Waals surface area contributed by atoms with Crippen LogP contribution < -0.4 is 5.73 Å². The van der Waals surface area contributed by atoms with Gasteiger partial charge in [0.25, 0.3) is 5.91 Å². The number of benzene rings is 1. The second-order valence-electron chi connectivity index (χ2n) is 4.57. The van der Waals surface area contributed by atoms with Crippen molar-refractivity contribution in [2.24, 2.45) is 0 Å². The van der Waals surface area contributed by atoms with Crippen molar-refractivity contribution in [3.8, 4) is 0 Å². The molecule has 4 nitrogen and oxygen atoms in total. The van der Waals surface area contributed by atoms with Gasteiger partial charge in [-0.25, -0.2) is 0 Å². The highest BCUT2D eigenvalue weighted by Gasteiger charge is 2.24. The van der Waals surface area contributed by atoms with Crippen molar-refractivity contribution in [2.75, 3.05) is 26.0 Å². The number of hydrogen-bond donors (Lipinski definition) is 1. The van der Waals surface area contributed by atoms with Crippen LogP contribution in [0.4, 0.5) is 5.69 Å². The predicted molar refractivity (Wildman–Crippen MR) is 66.9 cm³/mol. The Balaban J connectivity index is 2.17. The van der Waals surface area contributed by atoms with Crippen molar-refractivity contribution in [2.45, 2.75) is 19.4 Å². The summed E-state index contributed by atoms with van der Waals surface area (Å²) in [6, 6.07) is 5.63. The van der Waals surface area contributed by atoms with Crippen LogP contribution in [0.2, 0.25) is 0 Å². The number of nitrogens with zero attached hydrogens (tertiary/aromatic N) is 1. The van der Waals surface area contributed by atoms with Crippen molar-refractivity contribution in [3.05, 3.63) is 29.3 Å². The number of ether oxygens (including phenoxy) is 1. The minimum atomic E-state index is 0.0101. The summed E-state index contributed by atoms with van der Waals surface area (Å²) in [4.78, 5) is 14.0. The molecule has 1 aliphatic heterocycles. The molecule has 1 fully saturated rings. The molecule has 0 radical (unpaired) electrons. The highest BCUT2D eigenvalue weighted by Crippen LogP contribution is 2.17. The molecular formula is C13H18N2O2. The summed E-state index contributed by atoms with van der Waals surface area (Å²) in [5, 5.41) is 0. The zero-order chi connectivity index (χ0) is 12.4. The first kappa shape index (κ1) is 11.9. The van der Waals surface area contributed by atoms with E-state index >= 15 is 0 Å². The molecule has 92 valence electrons. The third-order valence-corrected chi connectivity index (χ3v) is 3.12. The van der Waals surface area contributed by atoms with Crippen LogP contribution in [0.25, 0.3) is 0 Å². The minimum Gasteiger partial charge on any atom is -0.399 e. The molecule has 1 aromatic rings. The van der Waals surface area contributed by atoms with Crippen LogP contribution in [0.3, 0.4) is 0 Å². The summed E-state index contributed by atoms with van der Waals surface area (Å²) >= 11 is 0. The molecule has 4 heteroatoms. The Bertz CT molecular complexity index is 405. The molecule has 0 saturated carbocycles. The van der Waals surface area contributed by atoms with Crippen LogP contribution in [-0.2, 0) is 4.74 Å². The maximum absolute atomic E-state index is 12.3. The summed E-state index contributed by atoms with van der Waals surface area (Å²) < 4.78 is 5.29. The summed E-state index contributed by atoms with van der Waals surface area (Å²) in [5.41, 5.74) is 8.04. The smallest absolute Gasteiger partial charge is 0.254 e. The van der Waals surface area contributed by atoms with E-state index < -0.39 is 0 Å². The SMILES string of the molecule is Cc1cc(N)cc(C(=O)N(C)C2CCOC2)c1. The van der Waals surface area contributed by atoms with Gasteiger partial charge >= 0.3 is 0 Å². The third-order valence-electron chi connectivity index (χ3n) is 3.12. The Morgan fingerprint density at radius 3 is 2.82 bits per heavy atom. The molecular weight excluding hydrogens is 216 g/mol. The Kier molecular flexibility index (Phi) is 3.33. The first-order valence-corrected chi connectivity index (χ1v) is 5.80. The van der Waals surface area contributed by atoms with Gasteiger partial charge in [-0.15, -0.1) is 0 Å². The van der Waals surface area contributed by atoms with E-state index in [9.17, 15) is 4.79 Å². The number of carbonyl (C=O) groups excluding carboxylic acids is 1. The average molecular weight is 234 g/mol. The highest BCUT2D eigenvalue weighted by atomic mass is 16.5. The van der Waals surface area contributed by atoms with Crippen LogP contribution in [-0.4, -0.2) is 37.1 Å². The topological polar surface area (TPSA) is 55.6 Å². The van der Waals surface area contributed by atoms with Gasteiger partial charge < -0.3 is 15.4 Å². The van der Waals surface area contributed by atoms with Gasteiger partial charge in [-0.1, -0.05) is 0 Å². The molecule has 2 N–H and O–H groups in total. The standard InChI is InChI=1S/C13H18N2O2/c1-9-5-10(7-11(14)6-9)13(16)15(2)12-3-4-17-8-12/h5-7,12H,3-4,8,14H2,1-2H3. The van der Waals surface area contributed by atoms with Crippen molar-refractivity contribution in [3.63, 3.8) is 0 Å². The lowest BCUT2D eigenvalue weighted by Crippen LogP contribution is -2.37. The fourth-order valence-corrected chi connectivity index (χ4v) is 2.13. The lowest BCUT2D eigenvalue weighted by atomic mass is 10.1. The van der Waals surface area contributed by atoms with Crippen molar-refractivity contribution in [1.29, 1.82) is 0 Å². The molecule has 1 heterocycles. The number of nitrogen functional groups attached to an aromatic ring is 1. The van der Waals surface area contributed by atoms with Crippen molar-refractivity contribution < 1.29 is 9.53 Å². The molecule has 17 heavy (non-hydrogen) atoms. The fourth-order valence-electron chi connectivity index (χ4n) is 2.13. The lowest BCUT2D eigenvalue weighted by molar-refractivity contribution is 0.0711. The molecule has 1 atom stereocenters. The molecule has 1 unspecified atom stereocenters. The van der Waals surface area contributed by atoms with E-state index in [0.717, 1.165) is 18.6 Å². The molecule has 0 bridgehead atoms. The van der Waals surface area contributed by atoms with E-state index in [-0.39, 0.29) is 11.9 Å². The normalized spacial score (nSPS) is 19.3. The van der Waals surface area contributed by atoms with E-state index in [1.54, 1.807) is 11.0 Å². The van der Waals surface area contributed by atoms with E-state index in [1.165, 1.54) is 0 Å². The second kappa shape index (κ2) is 4.75. The van der Waals surface area contributed by atoms with Gasteiger partial charge in [-0.3, -0.25) is 4.79 Å². The van der Waals surface area contributed by atoms with Gasteiger partial charge in [0.15, 0.2) is 0 Å². The van der Waals surface area contributed by atoms with Crippen molar-refractivity contribution in [1.82, 2.24) is 4.90 Å². The van der Waals surface area contributed by atoms with Gasteiger partial charge in [0.2, 0.25) is 0 Å². The van der Waals surface area contributed by atoms with Gasteiger partial charge in [0.1, 0.15) is 0 Å². The largest absolute Gasteiger partial charge is 0.399 e. The quantitative estimate of drug-likeness (QED) is 0.788. The minimum absolute atomic E-state index is 0.0101. The monoisotopic (exact) mass is 234 g/mol. The van der Waals surface area contributed by atoms with Crippen LogP contribution >= 0.6 is 0 Å². The maximum atomic E-state index is 12.3. The maximum Gasteiger partial charge on any atom is 0.254 e. The number of nitrogens with two attached hydrogens (primary N) is 1. The van der Waals surface area contributed by atoms with E-state index in [0.29, 0.717) is 17.9 Å². The van der Waals surface area contributed by atoms with Crippen LogP contribution in [0.5, 0.6) is 0 Å². The molecule has 0 spiro atoms. The van der Waals surface area contributed by atoms with E-state index in [1.807, 2.05) is 26.1 Å². The Hall–Kier alpha value is -1.55. The summed E-state index contributed by atoms with van der Waals surface area (Å²) in [6.07, 6.45) is 0.906. The van der Waals surface area contributed by atoms with Gasteiger partial charge in [0, 0.05) is 24.9 Å². The first-order valence-electron chi connectivity index (χ1n) is 5.80. The Labute approximate surface area is 101 Å². The summed E-state index contributed by atoms with van der Waals surface area (Å²) in [7, 11) is 1.82.